The number of non-ortho nitro benzene ring substituents is 1. The van der Waals surface area contributed by atoms with Gasteiger partial charge >= 0.3 is 5.97 Å². The van der Waals surface area contributed by atoms with Crippen LogP contribution in [0, 0.1) is 22.0 Å². The highest BCUT2D eigenvalue weighted by molar-refractivity contribution is 7.89. The number of nitrogens with zero attached hydrogens (tertiary/aromatic N) is 2. The quantitative estimate of drug-likeness (QED) is 0.279. The molecular formula is C24H30N2O7S. The van der Waals surface area contributed by atoms with Gasteiger partial charge in [0.05, 0.1) is 29.5 Å². The molecule has 0 heterocycles. The maximum absolute atomic E-state index is 13.6. The molecule has 1 saturated carbocycles. The first-order valence-corrected chi connectivity index (χ1v) is 12.7. The number of rotatable bonds is 10. The molecule has 9 nitrogen and oxygen atoms in total. The zero-order valence-corrected chi connectivity index (χ0v) is 20.2. The molecule has 34 heavy (non-hydrogen) atoms. The van der Waals surface area contributed by atoms with Crippen LogP contribution in [0.15, 0.2) is 53.4 Å². The molecule has 0 amide bonds. The first kappa shape index (κ1) is 25.6. The Kier molecular flexibility index (Phi) is 8.62. The minimum absolute atomic E-state index is 0.0670. The number of carbonyl (C=O) groups is 1. The van der Waals surface area contributed by atoms with Crippen LogP contribution in [-0.2, 0) is 26.1 Å². The first-order chi connectivity index (χ1) is 16.2. The molecule has 0 aromatic heterocycles. The lowest BCUT2D eigenvalue weighted by atomic mass is 9.82. The number of nitro groups is 1. The van der Waals surface area contributed by atoms with Crippen LogP contribution in [0.5, 0.6) is 5.75 Å². The van der Waals surface area contributed by atoms with E-state index in [9.17, 15) is 23.3 Å². The summed E-state index contributed by atoms with van der Waals surface area (Å²) in [7, 11) is -2.45. The molecule has 2 aromatic carbocycles. The SMILES string of the molecule is CCOC(=O)C1CCC(CN(Cc2ccc(OC)cc2)S(=O)(=O)c2cccc([N+](=O)[O-])c2)CC1. The summed E-state index contributed by atoms with van der Waals surface area (Å²) in [6.07, 6.45) is 2.70. The number of sulfonamides is 1. The van der Waals surface area contributed by atoms with Crippen molar-refractivity contribution in [2.75, 3.05) is 20.3 Å². The van der Waals surface area contributed by atoms with Crippen LogP contribution in [-0.4, -0.2) is 43.9 Å². The van der Waals surface area contributed by atoms with Crippen molar-refractivity contribution in [3.8, 4) is 5.75 Å². The van der Waals surface area contributed by atoms with Crippen molar-refractivity contribution in [3.63, 3.8) is 0 Å². The summed E-state index contributed by atoms with van der Waals surface area (Å²) in [5.41, 5.74) is 0.496. The van der Waals surface area contributed by atoms with E-state index in [4.69, 9.17) is 9.47 Å². The number of hydrogen-bond acceptors (Lipinski definition) is 7. The van der Waals surface area contributed by atoms with Crippen LogP contribution >= 0.6 is 0 Å². The summed E-state index contributed by atoms with van der Waals surface area (Å²) in [6.45, 7) is 2.49. The number of ether oxygens (including phenoxy) is 2. The lowest BCUT2D eigenvalue weighted by molar-refractivity contribution is -0.385. The average molecular weight is 491 g/mol. The molecular weight excluding hydrogens is 460 g/mol. The van der Waals surface area contributed by atoms with Crippen molar-refractivity contribution >= 4 is 21.7 Å². The van der Waals surface area contributed by atoms with E-state index in [1.807, 2.05) is 0 Å². The Morgan fingerprint density at radius 1 is 1.12 bits per heavy atom. The van der Waals surface area contributed by atoms with Gasteiger partial charge in [-0.25, -0.2) is 8.42 Å². The van der Waals surface area contributed by atoms with E-state index in [0.717, 1.165) is 11.6 Å². The van der Waals surface area contributed by atoms with Crippen molar-refractivity contribution in [2.24, 2.45) is 11.8 Å². The second-order valence-corrected chi connectivity index (χ2v) is 10.3. The van der Waals surface area contributed by atoms with E-state index in [-0.39, 0.29) is 41.5 Å². The highest BCUT2D eigenvalue weighted by atomic mass is 32.2. The molecule has 0 spiro atoms. The highest BCUT2D eigenvalue weighted by Gasteiger charge is 2.32. The molecule has 0 aliphatic heterocycles. The Morgan fingerprint density at radius 3 is 2.38 bits per heavy atom. The van der Waals surface area contributed by atoms with Gasteiger partial charge in [-0.15, -0.1) is 0 Å². The van der Waals surface area contributed by atoms with E-state index in [1.54, 1.807) is 38.3 Å². The molecule has 3 rings (SSSR count). The monoisotopic (exact) mass is 490 g/mol. The number of hydrogen-bond donors (Lipinski definition) is 0. The smallest absolute Gasteiger partial charge is 0.308 e. The van der Waals surface area contributed by atoms with Crippen LogP contribution in [0.3, 0.4) is 0 Å². The molecule has 0 atom stereocenters. The normalized spacial score (nSPS) is 18.4. The predicted octanol–water partition coefficient (Wildman–Crippen LogP) is 4.16. The lowest BCUT2D eigenvalue weighted by Gasteiger charge is -2.31. The van der Waals surface area contributed by atoms with Crippen LogP contribution in [0.4, 0.5) is 5.69 Å². The van der Waals surface area contributed by atoms with Gasteiger partial charge in [0.2, 0.25) is 10.0 Å². The van der Waals surface area contributed by atoms with Crippen molar-refractivity contribution < 1.29 is 27.6 Å². The van der Waals surface area contributed by atoms with Gasteiger partial charge in [-0.2, -0.15) is 4.31 Å². The van der Waals surface area contributed by atoms with E-state index in [0.29, 0.717) is 38.0 Å². The fourth-order valence-corrected chi connectivity index (χ4v) is 5.76. The number of carbonyl (C=O) groups excluding carboxylic acids is 1. The maximum Gasteiger partial charge on any atom is 0.308 e. The van der Waals surface area contributed by atoms with E-state index in [2.05, 4.69) is 0 Å². The molecule has 0 bridgehead atoms. The second-order valence-electron chi connectivity index (χ2n) is 8.37. The molecule has 0 saturated heterocycles. The molecule has 0 N–H and O–H groups in total. The Labute approximate surface area is 199 Å². The van der Waals surface area contributed by atoms with E-state index >= 15 is 0 Å². The molecule has 0 radical (unpaired) electrons. The Morgan fingerprint density at radius 2 is 1.79 bits per heavy atom. The molecule has 184 valence electrons. The number of benzene rings is 2. The summed E-state index contributed by atoms with van der Waals surface area (Å²) in [5.74, 6) is 0.381. The summed E-state index contributed by atoms with van der Waals surface area (Å²) in [6, 6.07) is 12.2. The molecule has 10 heteroatoms. The number of esters is 1. The van der Waals surface area contributed by atoms with Crippen LogP contribution < -0.4 is 4.74 Å². The average Bonchev–Trinajstić information content (AvgIpc) is 2.84. The molecule has 2 aromatic rings. The van der Waals surface area contributed by atoms with Crippen molar-refractivity contribution in [1.82, 2.24) is 4.31 Å². The van der Waals surface area contributed by atoms with Crippen LogP contribution in [0.25, 0.3) is 0 Å². The minimum atomic E-state index is -4.00. The van der Waals surface area contributed by atoms with Crippen LogP contribution in [0.1, 0.15) is 38.2 Å². The molecule has 0 unspecified atom stereocenters. The third kappa shape index (κ3) is 6.32. The molecule has 1 aliphatic carbocycles. The Hall–Kier alpha value is -2.98. The fraction of sp³-hybridized carbons (Fsp3) is 0.458. The minimum Gasteiger partial charge on any atom is -0.497 e. The van der Waals surface area contributed by atoms with E-state index < -0.39 is 14.9 Å². The molecule has 1 aliphatic rings. The second kappa shape index (κ2) is 11.4. The summed E-state index contributed by atoms with van der Waals surface area (Å²) in [5, 5.41) is 11.2. The van der Waals surface area contributed by atoms with Gasteiger partial charge in [0.15, 0.2) is 0 Å². The van der Waals surface area contributed by atoms with Crippen molar-refractivity contribution in [3.05, 3.63) is 64.2 Å². The third-order valence-electron chi connectivity index (χ3n) is 6.11. The zero-order chi connectivity index (χ0) is 24.7. The van der Waals surface area contributed by atoms with Gasteiger partial charge < -0.3 is 9.47 Å². The van der Waals surface area contributed by atoms with Gasteiger partial charge in [-0.05, 0) is 62.3 Å². The largest absolute Gasteiger partial charge is 0.497 e. The third-order valence-corrected chi connectivity index (χ3v) is 7.92. The standard InChI is InChI=1S/C24H30N2O7S/c1-3-33-24(27)20-11-7-18(8-12-20)16-25(17-19-9-13-22(32-2)14-10-19)34(30,31)23-6-4-5-21(15-23)26(28)29/h4-6,9-10,13-15,18,20H,3,7-8,11-12,16-17H2,1-2H3. The summed E-state index contributed by atoms with van der Waals surface area (Å²) >= 11 is 0. The van der Waals surface area contributed by atoms with Gasteiger partial charge in [0.25, 0.3) is 5.69 Å². The van der Waals surface area contributed by atoms with Gasteiger partial charge in [-0.1, -0.05) is 18.2 Å². The Bertz CT molecular complexity index is 1090. The van der Waals surface area contributed by atoms with Gasteiger partial charge in [-0.3, -0.25) is 14.9 Å². The molecule has 1 fully saturated rings. The first-order valence-electron chi connectivity index (χ1n) is 11.3. The topological polar surface area (TPSA) is 116 Å². The maximum atomic E-state index is 13.6. The Balaban J connectivity index is 1.83. The number of methoxy groups -OCH3 is 1. The van der Waals surface area contributed by atoms with E-state index in [1.165, 1.54) is 22.5 Å². The van der Waals surface area contributed by atoms with Crippen LogP contribution in [0.2, 0.25) is 0 Å². The van der Waals surface area contributed by atoms with Gasteiger partial charge in [0.1, 0.15) is 5.75 Å². The van der Waals surface area contributed by atoms with Crippen molar-refractivity contribution in [1.29, 1.82) is 0 Å². The zero-order valence-electron chi connectivity index (χ0n) is 19.4. The fourth-order valence-electron chi connectivity index (χ4n) is 4.22. The van der Waals surface area contributed by atoms with Crippen molar-refractivity contribution in [2.45, 2.75) is 44.0 Å². The summed E-state index contributed by atoms with van der Waals surface area (Å²) in [4.78, 5) is 22.5. The number of nitro benzene ring substituents is 1. The lowest BCUT2D eigenvalue weighted by Crippen LogP contribution is -2.37. The summed E-state index contributed by atoms with van der Waals surface area (Å²) < 4.78 is 38.8. The predicted molar refractivity (Wildman–Crippen MR) is 126 cm³/mol. The highest BCUT2D eigenvalue weighted by Crippen LogP contribution is 2.32. The van der Waals surface area contributed by atoms with Gasteiger partial charge in [0, 0.05) is 25.2 Å².